The minimum atomic E-state index is 0.163. The van der Waals surface area contributed by atoms with E-state index in [2.05, 4.69) is 12.2 Å². The fraction of sp³-hybridized carbons (Fsp3) is 0.500. The summed E-state index contributed by atoms with van der Waals surface area (Å²) in [4.78, 5) is 0. The first-order valence-electron chi connectivity index (χ1n) is 5.29. The van der Waals surface area contributed by atoms with Crippen LogP contribution in [0.25, 0.3) is 0 Å². The van der Waals surface area contributed by atoms with Crippen LogP contribution in [0.5, 0.6) is 11.5 Å². The molecule has 0 fully saturated rings. The van der Waals surface area contributed by atoms with E-state index in [-0.39, 0.29) is 11.8 Å². The smallest absolute Gasteiger partial charge is 0.124 e. The van der Waals surface area contributed by atoms with Crippen LogP contribution < -0.4 is 10.1 Å². The van der Waals surface area contributed by atoms with Gasteiger partial charge in [-0.25, -0.2) is 0 Å². The van der Waals surface area contributed by atoms with Crippen molar-refractivity contribution in [3.63, 3.8) is 0 Å². The van der Waals surface area contributed by atoms with E-state index in [0.717, 1.165) is 18.5 Å². The van der Waals surface area contributed by atoms with E-state index in [9.17, 15) is 5.11 Å². The largest absolute Gasteiger partial charge is 0.507 e. The van der Waals surface area contributed by atoms with E-state index in [0.29, 0.717) is 5.75 Å². The first-order chi connectivity index (χ1) is 7.19. The van der Waals surface area contributed by atoms with Crippen molar-refractivity contribution in [2.45, 2.75) is 26.3 Å². The van der Waals surface area contributed by atoms with Crippen LogP contribution in [0, 0.1) is 0 Å². The number of aromatic hydroxyl groups is 1. The number of phenols is 1. The number of nitrogens with one attached hydrogen (secondary N) is 1. The molecule has 0 aliphatic rings. The molecule has 15 heavy (non-hydrogen) atoms. The number of ether oxygens (including phenoxy) is 1. The summed E-state index contributed by atoms with van der Waals surface area (Å²) < 4.78 is 5.03. The predicted octanol–water partition coefficient (Wildman–Crippen LogP) is 2.46. The van der Waals surface area contributed by atoms with Crippen molar-refractivity contribution in [3.05, 3.63) is 23.8 Å². The number of phenolic OH excluding ortho intramolecular Hbond substituents is 1. The van der Waals surface area contributed by atoms with Gasteiger partial charge < -0.3 is 15.2 Å². The average Bonchev–Trinajstić information content (AvgIpc) is 2.25. The summed E-state index contributed by atoms with van der Waals surface area (Å²) in [6.07, 6.45) is 1.08. The second kappa shape index (κ2) is 5.61. The lowest BCUT2D eigenvalue weighted by molar-refractivity contribution is 0.404. The Hall–Kier alpha value is -1.22. The van der Waals surface area contributed by atoms with Gasteiger partial charge in [-0.1, -0.05) is 13.0 Å². The van der Waals surface area contributed by atoms with Crippen LogP contribution in [0.4, 0.5) is 0 Å². The fourth-order valence-corrected chi connectivity index (χ4v) is 1.49. The summed E-state index contributed by atoms with van der Waals surface area (Å²) in [6, 6.07) is 5.55. The number of benzene rings is 1. The molecule has 0 saturated carbocycles. The molecule has 0 aromatic heterocycles. The molecule has 1 atom stereocenters. The quantitative estimate of drug-likeness (QED) is 0.782. The van der Waals surface area contributed by atoms with Crippen molar-refractivity contribution < 1.29 is 9.84 Å². The Morgan fingerprint density at radius 2 is 2.20 bits per heavy atom. The first kappa shape index (κ1) is 11.9. The molecule has 2 N–H and O–H groups in total. The highest BCUT2D eigenvalue weighted by atomic mass is 16.5. The third kappa shape index (κ3) is 3.13. The van der Waals surface area contributed by atoms with Crippen LogP contribution in [-0.4, -0.2) is 18.8 Å². The lowest BCUT2D eigenvalue weighted by Gasteiger charge is -2.15. The standard InChI is InChI=1S/C12H19NO2/c1-4-7-13-9(2)11-6-5-10(15-3)8-12(11)14/h5-6,8-9,13-14H,4,7H2,1-3H3. The van der Waals surface area contributed by atoms with Crippen LogP contribution in [0.2, 0.25) is 0 Å². The van der Waals surface area contributed by atoms with E-state index in [4.69, 9.17) is 4.74 Å². The zero-order valence-electron chi connectivity index (χ0n) is 9.58. The van der Waals surface area contributed by atoms with E-state index < -0.39 is 0 Å². The van der Waals surface area contributed by atoms with Crippen molar-refractivity contribution in [2.75, 3.05) is 13.7 Å². The van der Waals surface area contributed by atoms with Crippen molar-refractivity contribution in [3.8, 4) is 11.5 Å². The van der Waals surface area contributed by atoms with E-state index in [1.165, 1.54) is 0 Å². The number of rotatable bonds is 5. The Morgan fingerprint density at radius 3 is 2.73 bits per heavy atom. The molecule has 3 nitrogen and oxygen atoms in total. The summed E-state index contributed by atoms with van der Waals surface area (Å²) in [5.74, 6) is 0.962. The number of hydrogen-bond donors (Lipinski definition) is 2. The third-order valence-corrected chi connectivity index (χ3v) is 2.40. The fourth-order valence-electron chi connectivity index (χ4n) is 1.49. The van der Waals surface area contributed by atoms with Gasteiger partial charge in [-0.05, 0) is 26.0 Å². The third-order valence-electron chi connectivity index (χ3n) is 2.40. The highest BCUT2D eigenvalue weighted by Gasteiger charge is 2.09. The maximum atomic E-state index is 9.77. The highest BCUT2D eigenvalue weighted by molar-refractivity contribution is 5.41. The van der Waals surface area contributed by atoms with Crippen molar-refractivity contribution in [2.24, 2.45) is 0 Å². The van der Waals surface area contributed by atoms with Gasteiger partial charge in [0.15, 0.2) is 0 Å². The molecule has 0 spiro atoms. The summed E-state index contributed by atoms with van der Waals surface area (Å²) in [5, 5.41) is 13.1. The van der Waals surface area contributed by atoms with Crippen LogP contribution in [0.1, 0.15) is 31.9 Å². The Balaban J connectivity index is 2.76. The van der Waals surface area contributed by atoms with Gasteiger partial charge in [0.25, 0.3) is 0 Å². The van der Waals surface area contributed by atoms with Gasteiger partial charge >= 0.3 is 0 Å². The molecule has 0 heterocycles. The van der Waals surface area contributed by atoms with Gasteiger partial charge in [-0.3, -0.25) is 0 Å². The van der Waals surface area contributed by atoms with Crippen molar-refractivity contribution >= 4 is 0 Å². The zero-order valence-corrected chi connectivity index (χ0v) is 9.58. The molecule has 1 unspecified atom stereocenters. The second-order valence-electron chi connectivity index (χ2n) is 3.60. The lowest BCUT2D eigenvalue weighted by atomic mass is 10.1. The maximum absolute atomic E-state index is 9.77. The monoisotopic (exact) mass is 209 g/mol. The molecule has 84 valence electrons. The van der Waals surface area contributed by atoms with Gasteiger partial charge in [0.1, 0.15) is 11.5 Å². The Morgan fingerprint density at radius 1 is 1.47 bits per heavy atom. The van der Waals surface area contributed by atoms with Gasteiger partial charge in [-0.2, -0.15) is 0 Å². The number of methoxy groups -OCH3 is 1. The Labute approximate surface area is 91.1 Å². The lowest BCUT2D eigenvalue weighted by Crippen LogP contribution is -2.19. The highest BCUT2D eigenvalue weighted by Crippen LogP contribution is 2.28. The van der Waals surface area contributed by atoms with Gasteiger partial charge in [-0.15, -0.1) is 0 Å². The maximum Gasteiger partial charge on any atom is 0.124 e. The molecule has 0 saturated heterocycles. The molecule has 0 aliphatic heterocycles. The van der Waals surface area contributed by atoms with Crippen LogP contribution >= 0.6 is 0 Å². The van der Waals surface area contributed by atoms with Gasteiger partial charge in [0.05, 0.1) is 7.11 Å². The minimum absolute atomic E-state index is 0.163. The van der Waals surface area contributed by atoms with Crippen LogP contribution in [-0.2, 0) is 0 Å². The molecule has 0 bridgehead atoms. The molecule has 1 rings (SSSR count). The number of hydrogen-bond acceptors (Lipinski definition) is 3. The molecule has 0 aliphatic carbocycles. The average molecular weight is 209 g/mol. The first-order valence-corrected chi connectivity index (χ1v) is 5.29. The van der Waals surface area contributed by atoms with Crippen molar-refractivity contribution in [1.29, 1.82) is 0 Å². The summed E-state index contributed by atoms with van der Waals surface area (Å²) in [5.41, 5.74) is 0.907. The molecular weight excluding hydrogens is 190 g/mol. The van der Waals surface area contributed by atoms with Crippen molar-refractivity contribution in [1.82, 2.24) is 5.32 Å². The van der Waals surface area contributed by atoms with Crippen LogP contribution in [0.3, 0.4) is 0 Å². The topological polar surface area (TPSA) is 41.5 Å². The van der Waals surface area contributed by atoms with Gasteiger partial charge in [0.2, 0.25) is 0 Å². The predicted molar refractivity (Wildman–Crippen MR) is 61.4 cm³/mol. The van der Waals surface area contributed by atoms with E-state index >= 15 is 0 Å². The van der Waals surface area contributed by atoms with E-state index in [1.807, 2.05) is 19.1 Å². The molecule has 3 heteroatoms. The Bertz CT molecular complexity index is 312. The zero-order chi connectivity index (χ0) is 11.3. The summed E-state index contributed by atoms with van der Waals surface area (Å²) in [7, 11) is 1.59. The molecule has 1 aromatic carbocycles. The Kier molecular flexibility index (Phi) is 4.43. The summed E-state index contributed by atoms with van der Waals surface area (Å²) >= 11 is 0. The van der Waals surface area contributed by atoms with Crippen LogP contribution in [0.15, 0.2) is 18.2 Å². The SMILES string of the molecule is CCCNC(C)c1ccc(OC)cc1O. The van der Waals surface area contributed by atoms with E-state index in [1.54, 1.807) is 13.2 Å². The summed E-state index contributed by atoms with van der Waals surface area (Å²) in [6.45, 7) is 5.11. The molecular formula is C12H19NO2. The molecule has 0 amide bonds. The molecule has 1 aromatic rings. The molecule has 0 radical (unpaired) electrons. The second-order valence-corrected chi connectivity index (χ2v) is 3.60. The normalized spacial score (nSPS) is 12.5. The minimum Gasteiger partial charge on any atom is -0.507 e. The van der Waals surface area contributed by atoms with Gasteiger partial charge in [0, 0.05) is 17.7 Å².